The van der Waals surface area contributed by atoms with Crippen LogP contribution < -0.4 is 0 Å². The van der Waals surface area contributed by atoms with Gasteiger partial charge in [-0.05, 0) is 48.1 Å². The molecule has 1 aliphatic rings. The average molecular weight is 306 g/mol. The first-order chi connectivity index (χ1) is 11.2. The lowest BCUT2D eigenvalue weighted by atomic mass is 9.84. The molecule has 0 amide bonds. The SMILES string of the molecule is O=C(/C=C/c1cccc(O)c1)c1ccc(C2CCCCC2)cc1. The van der Waals surface area contributed by atoms with Gasteiger partial charge >= 0.3 is 0 Å². The first-order valence-corrected chi connectivity index (χ1v) is 8.34. The summed E-state index contributed by atoms with van der Waals surface area (Å²) in [5, 5.41) is 9.43. The van der Waals surface area contributed by atoms with Crippen molar-refractivity contribution in [1.29, 1.82) is 0 Å². The Balaban J connectivity index is 1.67. The standard InChI is InChI=1S/C21H22O2/c22-20-8-4-5-16(15-20)9-14-21(23)19-12-10-18(11-13-19)17-6-2-1-3-7-17/h4-5,8-15,17,22H,1-3,6-7H2/b14-9+. The van der Waals surface area contributed by atoms with E-state index in [4.69, 9.17) is 0 Å². The molecule has 0 radical (unpaired) electrons. The predicted octanol–water partition coefficient (Wildman–Crippen LogP) is 5.34. The van der Waals surface area contributed by atoms with Gasteiger partial charge in [0.15, 0.2) is 5.78 Å². The summed E-state index contributed by atoms with van der Waals surface area (Å²) in [5.41, 5.74) is 2.89. The van der Waals surface area contributed by atoms with Crippen molar-refractivity contribution in [1.82, 2.24) is 0 Å². The van der Waals surface area contributed by atoms with E-state index in [1.165, 1.54) is 37.7 Å². The topological polar surface area (TPSA) is 37.3 Å². The number of aromatic hydroxyl groups is 1. The highest BCUT2D eigenvalue weighted by atomic mass is 16.3. The summed E-state index contributed by atoms with van der Waals surface area (Å²) >= 11 is 0. The second-order valence-corrected chi connectivity index (χ2v) is 6.25. The molecule has 23 heavy (non-hydrogen) atoms. The van der Waals surface area contributed by atoms with Crippen molar-refractivity contribution in [3.05, 3.63) is 71.3 Å². The van der Waals surface area contributed by atoms with Crippen LogP contribution in [0.25, 0.3) is 6.08 Å². The molecular formula is C21H22O2. The first-order valence-electron chi connectivity index (χ1n) is 8.34. The second kappa shape index (κ2) is 7.28. The van der Waals surface area contributed by atoms with Crippen molar-refractivity contribution < 1.29 is 9.90 Å². The molecule has 2 aromatic carbocycles. The maximum absolute atomic E-state index is 12.2. The Kier molecular flexibility index (Phi) is 4.92. The molecule has 0 spiro atoms. The van der Waals surface area contributed by atoms with Crippen molar-refractivity contribution in [3.8, 4) is 5.75 Å². The van der Waals surface area contributed by atoms with Crippen molar-refractivity contribution in [2.24, 2.45) is 0 Å². The quantitative estimate of drug-likeness (QED) is 0.612. The van der Waals surface area contributed by atoms with Gasteiger partial charge in [0.05, 0.1) is 0 Å². The van der Waals surface area contributed by atoms with Crippen molar-refractivity contribution in [3.63, 3.8) is 0 Å². The molecular weight excluding hydrogens is 284 g/mol. The Hall–Kier alpha value is -2.35. The molecule has 2 heteroatoms. The summed E-state index contributed by atoms with van der Waals surface area (Å²) in [6.07, 6.45) is 9.82. The van der Waals surface area contributed by atoms with Gasteiger partial charge in [0, 0.05) is 5.56 Å². The Labute approximate surface area is 137 Å². The van der Waals surface area contributed by atoms with E-state index in [1.807, 2.05) is 18.2 Å². The van der Waals surface area contributed by atoms with Crippen LogP contribution in [-0.4, -0.2) is 10.9 Å². The molecule has 1 saturated carbocycles. The number of ketones is 1. The van der Waals surface area contributed by atoms with Crippen LogP contribution in [0.1, 0.15) is 59.5 Å². The summed E-state index contributed by atoms with van der Waals surface area (Å²) in [6, 6.07) is 14.9. The molecule has 0 unspecified atom stereocenters. The van der Waals surface area contributed by atoms with E-state index in [2.05, 4.69) is 12.1 Å². The average Bonchev–Trinajstić information content (AvgIpc) is 2.61. The van der Waals surface area contributed by atoms with E-state index in [0.29, 0.717) is 11.5 Å². The summed E-state index contributed by atoms with van der Waals surface area (Å²) in [7, 11) is 0. The third-order valence-corrected chi connectivity index (χ3v) is 4.57. The number of benzene rings is 2. The molecule has 1 aliphatic carbocycles. The van der Waals surface area contributed by atoms with Crippen LogP contribution >= 0.6 is 0 Å². The van der Waals surface area contributed by atoms with Crippen molar-refractivity contribution in [2.75, 3.05) is 0 Å². The monoisotopic (exact) mass is 306 g/mol. The number of hydrogen-bond acceptors (Lipinski definition) is 2. The molecule has 0 atom stereocenters. The van der Waals surface area contributed by atoms with Gasteiger partial charge in [0.1, 0.15) is 5.75 Å². The fourth-order valence-electron chi connectivity index (χ4n) is 3.25. The van der Waals surface area contributed by atoms with E-state index in [1.54, 1.807) is 30.4 Å². The van der Waals surface area contributed by atoms with Gasteiger partial charge in [0.2, 0.25) is 0 Å². The molecule has 0 heterocycles. The van der Waals surface area contributed by atoms with Crippen LogP contribution in [0.15, 0.2) is 54.6 Å². The number of carbonyl (C=O) groups excluding carboxylic acids is 1. The van der Waals surface area contributed by atoms with Gasteiger partial charge in [-0.15, -0.1) is 0 Å². The van der Waals surface area contributed by atoms with Gasteiger partial charge in [-0.25, -0.2) is 0 Å². The highest BCUT2D eigenvalue weighted by Gasteiger charge is 2.15. The molecule has 118 valence electrons. The molecule has 2 aromatic rings. The van der Waals surface area contributed by atoms with E-state index in [-0.39, 0.29) is 11.5 Å². The van der Waals surface area contributed by atoms with E-state index in [0.717, 1.165) is 5.56 Å². The predicted molar refractivity (Wildman–Crippen MR) is 93.7 cm³/mol. The lowest BCUT2D eigenvalue weighted by molar-refractivity contribution is 0.104. The highest BCUT2D eigenvalue weighted by Crippen LogP contribution is 2.32. The molecule has 3 rings (SSSR count). The van der Waals surface area contributed by atoms with E-state index >= 15 is 0 Å². The number of phenolic OH excluding ortho intramolecular Hbond substituents is 1. The van der Waals surface area contributed by atoms with Crippen molar-refractivity contribution >= 4 is 11.9 Å². The van der Waals surface area contributed by atoms with E-state index < -0.39 is 0 Å². The van der Waals surface area contributed by atoms with Gasteiger partial charge in [-0.1, -0.05) is 61.7 Å². The number of hydrogen-bond donors (Lipinski definition) is 1. The number of carbonyl (C=O) groups is 1. The Morgan fingerprint density at radius 2 is 1.74 bits per heavy atom. The van der Waals surface area contributed by atoms with E-state index in [9.17, 15) is 9.90 Å². The third kappa shape index (κ3) is 4.10. The van der Waals surface area contributed by atoms with Crippen LogP contribution in [0, 0.1) is 0 Å². The molecule has 0 aromatic heterocycles. The maximum atomic E-state index is 12.2. The minimum Gasteiger partial charge on any atom is -0.508 e. The first kappa shape index (κ1) is 15.5. The summed E-state index contributed by atoms with van der Waals surface area (Å²) < 4.78 is 0. The molecule has 0 aliphatic heterocycles. The van der Waals surface area contributed by atoms with Crippen LogP contribution in [0.2, 0.25) is 0 Å². The van der Waals surface area contributed by atoms with Gasteiger partial charge in [-0.2, -0.15) is 0 Å². The lowest BCUT2D eigenvalue weighted by Crippen LogP contribution is -2.04. The minimum absolute atomic E-state index is 0.0106. The number of rotatable bonds is 4. The fraction of sp³-hybridized carbons (Fsp3) is 0.286. The Bertz CT molecular complexity index is 692. The zero-order valence-electron chi connectivity index (χ0n) is 13.2. The largest absolute Gasteiger partial charge is 0.508 e. The van der Waals surface area contributed by atoms with Gasteiger partial charge in [-0.3, -0.25) is 4.79 Å². The van der Waals surface area contributed by atoms with Crippen LogP contribution in [0.5, 0.6) is 5.75 Å². The Morgan fingerprint density at radius 1 is 1.00 bits per heavy atom. The zero-order valence-corrected chi connectivity index (χ0v) is 13.2. The maximum Gasteiger partial charge on any atom is 0.185 e. The van der Waals surface area contributed by atoms with Gasteiger partial charge in [0.25, 0.3) is 0 Å². The van der Waals surface area contributed by atoms with Crippen LogP contribution in [0.4, 0.5) is 0 Å². The summed E-state index contributed by atoms with van der Waals surface area (Å²) in [6.45, 7) is 0. The highest BCUT2D eigenvalue weighted by molar-refractivity contribution is 6.06. The normalized spacial score (nSPS) is 15.8. The lowest BCUT2D eigenvalue weighted by Gasteiger charge is -2.21. The molecule has 1 fully saturated rings. The van der Waals surface area contributed by atoms with Crippen LogP contribution in [-0.2, 0) is 0 Å². The van der Waals surface area contributed by atoms with Crippen LogP contribution in [0.3, 0.4) is 0 Å². The summed E-state index contributed by atoms with van der Waals surface area (Å²) in [5.74, 6) is 0.857. The molecule has 0 saturated heterocycles. The third-order valence-electron chi connectivity index (χ3n) is 4.57. The minimum atomic E-state index is -0.0106. The molecule has 2 nitrogen and oxygen atoms in total. The van der Waals surface area contributed by atoms with Gasteiger partial charge < -0.3 is 5.11 Å². The number of phenols is 1. The second-order valence-electron chi connectivity index (χ2n) is 6.25. The smallest absolute Gasteiger partial charge is 0.185 e. The molecule has 0 bridgehead atoms. The fourth-order valence-corrected chi connectivity index (χ4v) is 3.25. The number of allylic oxidation sites excluding steroid dienone is 1. The molecule has 1 N–H and O–H groups in total. The van der Waals surface area contributed by atoms with Crippen molar-refractivity contribution in [2.45, 2.75) is 38.0 Å². The zero-order chi connectivity index (χ0) is 16.1. The Morgan fingerprint density at radius 3 is 2.43 bits per heavy atom. The summed E-state index contributed by atoms with van der Waals surface area (Å²) in [4.78, 5) is 12.2.